The van der Waals surface area contributed by atoms with E-state index in [9.17, 15) is 9.18 Å². The van der Waals surface area contributed by atoms with Gasteiger partial charge in [0, 0.05) is 17.8 Å². The average Bonchev–Trinajstić information content (AvgIpc) is 2.70. The smallest absolute Gasteiger partial charge is 0.331 e. The maximum Gasteiger partial charge on any atom is 0.331 e. The first-order valence-corrected chi connectivity index (χ1v) is 9.60. The highest BCUT2D eigenvalue weighted by Crippen LogP contribution is 2.19. The highest BCUT2D eigenvalue weighted by molar-refractivity contribution is 5.82. The standard InChI is InChI=1S/C25H26FNO2/c1-4-8-19(2)13-16-25(28)29-20(3)9-5-6-12-24-15-14-22(18-27-24)21-10-7-11-23(26)17-21/h5-18,20H,4H2,1-3H3/t20-/m1/s1. The molecular formula is C25H26FNO2. The van der Waals surface area contributed by atoms with Gasteiger partial charge in [0.15, 0.2) is 0 Å². The highest BCUT2D eigenvalue weighted by Gasteiger charge is 2.02. The molecule has 29 heavy (non-hydrogen) atoms. The Morgan fingerprint density at radius 3 is 2.69 bits per heavy atom. The predicted octanol–water partition coefficient (Wildman–Crippen LogP) is 6.30. The van der Waals surface area contributed by atoms with Gasteiger partial charge in [-0.1, -0.05) is 55.0 Å². The van der Waals surface area contributed by atoms with Crippen molar-refractivity contribution in [1.29, 1.82) is 0 Å². The van der Waals surface area contributed by atoms with E-state index < -0.39 is 0 Å². The van der Waals surface area contributed by atoms with Crippen LogP contribution in [-0.4, -0.2) is 17.1 Å². The van der Waals surface area contributed by atoms with Crippen LogP contribution in [0.15, 0.2) is 84.6 Å². The summed E-state index contributed by atoms with van der Waals surface area (Å²) in [6.45, 7) is 5.79. The number of pyridine rings is 1. The minimum Gasteiger partial charge on any atom is -0.455 e. The van der Waals surface area contributed by atoms with Crippen molar-refractivity contribution in [3.8, 4) is 11.1 Å². The Labute approximate surface area is 171 Å². The lowest BCUT2D eigenvalue weighted by Gasteiger charge is -2.06. The van der Waals surface area contributed by atoms with Crippen molar-refractivity contribution >= 4 is 12.0 Å². The van der Waals surface area contributed by atoms with Gasteiger partial charge in [0.2, 0.25) is 0 Å². The summed E-state index contributed by atoms with van der Waals surface area (Å²) in [5.74, 6) is -0.640. The minimum absolute atomic E-state index is 0.269. The maximum absolute atomic E-state index is 13.3. The van der Waals surface area contributed by atoms with Crippen LogP contribution in [-0.2, 0) is 9.53 Å². The van der Waals surface area contributed by atoms with Gasteiger partial charge >= 0.3 is 5.97 Å². The zero-order chi connectivity index (χ0) is 21.1. The van der Waals surface area contributed by atoms with Crippen molar-refractivity contribution in [3.63, 3.8) is 0 Å². The summed E-state index contributed by atoms with van der Waals surface area (Å²) in [6.07, 6.45) is 14.8. The van der Waals surface area contributed by atoms with E-state index >= 15 is 0 Å². The second kappa shape index (κ2) is 11.5. The van der Waals surface area contributed by atoms with Crippen LogP contribution in [0.2, 0.25) is 0 Å². The second-order valence-corrected chi connectivity index (χ2v) is 6.56. The molecule has 1 aromatic heterocycles. The first-order valence-electron chi connectivity index (χ1n) is 9.60. The van der Waals surface area contributed by atoms with Crippen LogP contribution in [0.25, 0.3) is 17.2 Å². The van der Waals surface area contributed by atoms with E-state index in [-0.39, 0.29) is 17.9 Å². The van der Waals surface area contributed by atoms with Crippen LogP contribution < -0.4 is 0 Å². The molecule has 1 aromatic carbocycles. The third kappa shape index (κ3) is 8.09. The molecule has 0 N–H and O–H groups in total. The van der Waals surface area contributed by atoms with Crippen molar-refractivity contribution in [2.45, 2.75) is 33.3 Å². The number of allylic oxidation sites excluding steroid dienone is 5. The highest BCUT2D eigenvalue weighted by atomic mass is 19.1. The lowest BCUT2D eigenvalue weighted by molar-refractivity contribution is -0.140. The Morgan fingerprint density at radius 2 is 2.00 bits per heavy atom. The third-order valence-corrected chi connectivity index (χ3v) is 4.01. The first kappa shape index (κ1) is 22.0. The molecule has 0 unspecified atom stereocenters. The van der Waals surface area contributed by atoms with Gasteiger partial charge in [0.1, 0.15) is 11.9 Å². The van der Waals surface area contributed by atoms with E-state index in [2.05, 4.69) is 4.98 Å². The molecule has 1 heterocycles. The van der Waals surface area contributed by atoms with E-state index in [1.807, 2.05) is 56.4 Å². The lowest BCUT2D eigenvalue weighted by atomic mass is 10.1. The van der Waals surface area contributed by atoms with Gasteiger partial charge in [-0.05, 0) is 56.2 Å². The number of aromatic nitrogens is 1. The number of hydrogen-bond donors (Lipinski definition) is 0. The molecule has 0 aliphatic rings. The molecule has 3 nitrogen and oxygen atoms in total. The summed E-state index contributed by atoms with van der Waals surface area (Å²) in [5.41, 5.74) is 3.46. The van der Waals surface area contributed by atoms with Crippen LogP contribution >= 0.6 is 0 Å². The average molecular weight is 391 g/mol. The van der Waals surface area contributed by atoms with Gasteiger partial charge in [-0.3, -0.25) is 4.98 Å². The number of esters is 1. The van der Waals surface area contributed by atoms with Crippen LogP contribution in [0.3, 0.4) is 0 Å². The van der Waals surface area contributed by atoms with E-state index in [0.717, 1.165) is 28.8 Å². The molecule has 0 fully saturated rings. The Bertz CT molecular complexity index is 924. The first-order chi connectivity index (χ1) is 14.0. The van der Waals surface area contributed by atoms with Gasteiger partial charge in [0.05, 0.1) is 5.69 Å². The number of benzene rings is 1. The van der Waals surface area contributed by atoms with E-state index in [1.165, 1.54) is 18.2 Å². The molecule has 0 spiro atoms. The Morgan fingerprint density at radius 1 is 1.17 bits per heavy atom. The Hall–Kier alpha value is -3.27. The van der Waals surface area contributed by atoms with Crippen LogP contribution in [0.4, 0.5) is 4.39 Å². The number of rotatable bonds is 8. The fourth-order valence-electron chi connectivity index (χ4n) is 2.57. The molecule has 0 saturated carbocycles. The predicted molar refractivity (Wildman–Crippen MR) is 117 cm³/mol. The minimum atomic E-state index is -0.371. The molecule has 0 amide bonds. The van der Waals surface area contributed by atoms with Gasteiger partial charge in [-0.15, -0.1) is 0 Å². The maximum atomic E-state index is 13.3. The summed E-state index contributed by atoms with van der Waals surface area (Å²) in [5, 5.41) is 0. The molecule has 0 aliphatic carbocycles. The van der Waals surface area contributed by atoms with E-state index in [4.69, 9.17) is 4.74 Å². The van der Waals surface area contributed by atoms with Crippen molar-refractivity contribution in [1.82, 2.24) is 4.98 Å². The van der Waals surface area contributed by atoms with Crippen LogP contribution in [0.1, 0.15) is 32.9 Å². The van der Waals surface area contributed by atoms with Crippen molar-refractivity contribution in [2.24, 2.45) is 0 Å². The lowest BCUT2D eigenvalue weighted by Crippen LogP contribution is -2.09. The summed E-state index contributed by atoms with van der Waals surface area (Å²) < 4.78 is 18.6. The molecule has 150 valence electrons. The van der Waals surface area contributed by atoms with Gasteiger partial charge < -0.3 is 4.74 Å². The van der Waals surface area contributed by atoms with Crippen LogP contribution in [0.5, 0.6) is 0 Å². The summed E-state index contributed by atoms with van der Waals surface area (Å²) in [4.78, 5) is 16.1. The number of carbonyl (C=O) groups excluding carboxylic acids is 1. The number of ether oxygens (including phenoxy) is 1. The van der Waals surface area contributed by atoms with Crippen molar-refractivity contribution < 1.29 is 13.9 Å². The molecule has 2 rings (SSSR count). The Balaban J connectivity index is 1.86. The number of nitrogens with zero attached hydrogens (tertiary/aromatic N) is 1. The monoisotopic (exact) mass is 391 g/mol. The Kier molecular flexibility index (Phi) is 8.77. The molecule has 0 saturated heterocycles. The summed E-state index contributed by atoms with van der Waals surface area (Å²) in [6, 6.07) is 10.2. The van der Waals surface area contributed by atoms with Gasteiger partial charge in [-0.2, -0.15) is 0 Å². The van der Waals surface area contributed by atoms with Crippen LogP contribution in [0, 0.1) is 5.82 Å². The quantitative estimate of drug-likeness (QED) is 0.301. The van der Waals surface area contributed by atoms with Gasteiger partial charge in [-0.25, -0.2) is 9.18 Å². The fraction of sp³-hybridized carbons (Fsp3) is 0.200. The molecule has 0 bridgehead atoms. The zero-order valence-corrected chi connectivity index (χ0v) is 17.0. The normalized spacial score (nSPS) is 13.4. The molecule has 0 radical (unpaired) electrons. The third-order valence-electron chi connectivity index (χ3n) is 4.01. The number of halogens is 1. The van der Waals surface area contributed by atoms with E-state index in [0.29, 0.717) is 0 Å². The fourth-order valence-corrected chi connectivity index (χ4v) is 2.57. The molecule has 1 atom stereocenters. The van der Waals surface area contributed by atoms with E-state index in [1.54, 1.807) is 31.3 Å². The van der Waals surface area contributed by atoms with Crippen molar-refractivity contribution in [2.75, 3.05) is 0 Å². The SMILES string of the molecule is CCC=C(C)C=CC(=O)O[C@H](C)C=CC=Cc1ccc(-c2cccc(F)c2)cn1. The molecular weight excluding hydrogens is 365 g/mol. The largest absolute Gasteiger partial charge is 0.455 e. The topological polar surface area (TPSA) is 39.2 Å². The molecule has 0 aliphatic heterocycles. The number of hydrogen-bond acceptors (Lipinski definition) is 3. The van der Waals surface area contributed by atoms with Crippen molar-refractivity contribution in [3.05, 3.63) is 96.1 Å². The number of carbonyl (C=O) groups is 1. The molecule has 4 heteroatoms. The molecule has 2 aromatic rings. The summed E-state index contributed by atoms with van der Waals surface area (Å²) >= 11 is 0. The zero-order valence-electron chi connectivity index (χ0n) is 17.0. The second-order valence-electron chi connectivity index (χ2n) is 6.56. The summed E-state index contributed by atoms with van der Waals surface area (Å²) in [7, 11) is 0. The van der Waals surface area contributed by atoms with Gasteiger partial charge in [0.25, 0.3) is 0 Å².